The maximum Gasteiger partial charge on any atom is 0.261 e. The van der Waals surface area contributed by atoms with Gasteiger partial charge in [-0.25, -0.2) is 0 Å². The van der Waals surface area contributed by atoms with Crippen LogP contribution in [0.25, 0.3) is 10.8 Å². The molecule has 120 valence electrons. The molecule has 0 radical (unpaired) electrons. The Labute approximate surface area is 129 Å². The number of hydrogen-bond donors (Lipinski definition) is 1. The third-order valence-electron chi connectivity index (χ3n) is 1.66. The summed E-state index contributed by atoms with van der Waals surface area (Å²) >= 11 is 0. The van der Waals surface area contributed by atoms with Crippen LogP contribution in [0.4, 0.5) is 0 Å². The van der Waals surface area contributed by atoms with E-state index in [1.54, 1.807) is 0 Å². The Morgan fingerprint density at radius 2 is 0.905 bits per heavy atom. The van der Waals surface area contributed by atoms with Crippen molar-refractivity contribution < 1.29 is 13.0 Å². The SMILES string of the molecule is CCC.CCC.CS(=O)(=O)O.c1ccc2ccccc2c1. The average Bonchev–Trinajstić information content (AvgIpc) is 2.39. The molecule has 0 aromatic heterocycles. The molecule has 2 aromatic carbocycles. The fraction of sp³-hybridized carbons (Fsp3) is 0.412. The normalized spacial score (nSPS) is 9.24. The predicted octanol–water partition coefficient (Wildman–Crippen LogP) is 5.18. The third kappa shape index (κ3) is 18.6. The smallest absolute Gasteiger partial charge is 0.261 e. The summed E-state index contributed by atoms with van der Waals surface area (Å²) in [6.45, 7) is 8.50. The second kappa shape index (κ2) is 13.6. The lowest BCUT2D eigenvalue weighted by Gasteiger charge is -1.92. The molecular formula is C17H28O3S. The second-order valence-corrected chi connectivity index (χ2v) is 5.96. The fourth-order valence-corrected chi connectivity index (χ4v) is 1.13. The molecular weight excluding hydrogens is 284 g/mol. The molecule has 0 saturated heterocycles. The van der Waals surface area contributed by atoms with E-state index in [4.69, 9.17) is 4.55 Å². The van der Waals surface area contributed by atoms with Gasteiger partial charge in [-0.1, -0.05) is 89.1 Å². The zero-order valence-corrected chi connectivity index (χ0v) is 14.5. The molecule has 0 heterocycles. The van der Waals surface area contributed by atoms with E-state index >= 15 is 0 Å². The first-order valence-electron chi connectivity index (χ1n) is 7.16. The highest BCUT2D eigenvalue weighted by molar-refractivity contribution is 7.85. The molecule has 2 aromatic rings. The van der Waals surface area contributed by atoms with Crippen molar-refractivity contribution in [3.05, 3.63) is 48.5 Å². The fourth-order valence-electron chi connectivity index (χ4n) is 1.13. The van der Waals surface area contributed by atoms with Crippen molar-refractivity contribution >= 4 is 20.9 Å². The third-order valence-corrected chi connectivity index (χ3v) is 1.66. The van der Waals surface area contributed by atoms with E-state index in [1.165, 1.54) is 23.6 Å². The van der Waals surface area contributed by atoms with E-state index in [-0.39, 0.29) is 0 Å². The molecule has 0 spiro atoms. The molecule has 0 unspecified atom stereocenters. The molecule has 21 heavy (non-hydrogen) atoms. The Hall–Kier alpha value is -1.39. The lowest BCUT2D eigenvalue weighted by atomic mass is 10.1. The lowest BCUT2D eigenvalue weighted by Crippen LogP contribution is -1.88. The van der Waals surface area contributed by atoms with Gasteiger partial charge in [-0.05, 0) is 10.8 Å². The molecule has 1 N–H and O–H groups in total. The van der Waals surface area contributed by atoms with Crippen LogP contribution in [0.3, 0.4) is 0 Å². The van der Waals surface area contributed by atoms with Gasteiger partial charge in [-0.2, -0.15) is 8.42 Å². The highest BCUT2D eigenvalue weighted by Gasteiger charge is 1.85. The molecule has 2 rings (SSSR count). The van der Waals surface area contributed by atoms with Crippen LogP contribution in [0.2, 0.25) is 0 Å². The molecule has 0 aliphatic carbocycles. The molecule has 0 saturated carbocycles. The second-order valence-electron chi connectivity index (χ2n) is 4.49. The van der Waals surface area contributed by atoms with Gasteiger partial charge < -0.3 is 0 Å². The van der Waals surface area contributed by atoms with Crippen molar-refractivity contribution in [1.82, 2.24) is 0 Å². The van der Waals surface area contributed by atoms with Crippen molar-refractivity contribution in [1.29, 1.82) is 0 Å². The van der Waals surface area contributed by atoms with Gasteiger partial charge in [-0.15, -0.1) is 0 Å². The van der Waals surface area contributed by atoms with Crippen molar-refractivity contribution in [3.8, 4) is 0 Å². The maximum atomic E-state index is 9.19. The Balaban J connectivity index is 0. The average molecular weight is 312 g/mol. The first kappa shape index (κ1) is 21.9. The zero-order chi connectivity index (χ0) is 16.7. The Morgan fingerprint density at radius 1 is 0.762 bits per heavy atom. The zero-order valence-electron chi connectivity index (χ0n) is 13.7. The van der Waals surface area contributed by atoms with Crippen LogP contribution >= 0.6 is 0 Å². The van der Waals surface area contributed by atoms with Gasteiger partial charge in [-0.3, -0.25) is 4.55 Å². The number of fused-ring (bicyclic) bond motifs is 1. The quantitative estimate of drug-likeness (QED) is 0.682. The summed E-state index contributed by atoms with van der Waals surface area (Å²) in [5, 5.41) is 2.62. The summed E-state index contributed by atoms with van der Waals surface area (Å²) in [5.74, 6) is 0. The van der Waals surface area contributed by atoms with Gasteiger partial charge in [0.15, 0.2) is 0 Å². The molecule has 4 heteroatoms. The Bertz CT molecular complexity index is 488. The van der Waals surface area contributed by atoms with E-state index in [1.807, 2.05) is 0 Å². The van der Waals surface area contributed by atoms with Gasteiger partial charge >= 0.3 is 0 Å². The van der Waals surface area contributed by atoms with Crippen LogP contribution < -0.4 is 0 Å². The van der Waals surface area contributed by atoms with Crippen molar-refractivity contribution in [2.75, 3.05) is 6.26 Å². The lowest BCUT2D eigenvalue weighted by molar-refractivity contribution is 0.490. The minimum Gasteiger partial charge on any atom is -0.286 e. The van der Waals surface area contributed by atoms with E-state index < -0.39 is 10.1 Å². The minimum atomic E-state index is -3.67. The van der Waals surface area contributed by atoms with Gasteiger partial charge in [0.1, 0.15) is 0 Å². The van der Waals surface area contributed by atoms with E-state index in [0.717, 1.165) is 0 Å². The monoisotopic (exact) mass is 312 g/mol. The van der Waals surface area contributed by atoms with Crippen molar-refractivity contribution in [3.63, 3.8) is 0 Å². The summed E-state index contributed by atoms with van der Waals surface area (Å²) < 4.78 is 25.9. The largest absolute Gasteiger partial charge is 0.286 e. The number of hydrogen-bond acceptors (Lipinski definition) is 2. The maximum absolute atomic E-state index is 9.19. The van der Waals surface area contributed by atoms with E-state index in [0.29, 0.717) is 6.26 Å². The summed E-state index contributed by atoms with van der Waals surface area (Å²) in [7, 11) is -3.67. The van der Waals surface area contributed by atoms with Crippen molar-refractivity contribution in [2.24, 2.45) is 0 Å². The topological polar surface area (TPSA) is 54.4 Å². The first-order chi connectivity index (χ1) is 9.79. The van der Waals surface area contributed by atoms with Crippen LogP contribution in [-0.4, -0.2) is 19.2 Å². The molecule has 0 bridgehead atoms. The minimum absolute atomic E-state index is 0.715. The predicted molar refractivity (Wildman–Crippen MR) is 93.4 cm³/mol. The van der Waals surface area contributed by atoms with Gasteiger partial charge in [0, 0.05) is 0 Å². The molecule has 0 fully saturated rings. The summed E-state index contributed by atoms with van der Waals surface area (Å²) in [6, 6.07) is 16.7. The van der Waals surface area contributed by atoms with Crippen LogP contribution in [0.15, 0.2) is 48.5 Å². The highest BCUT2D eigenvalue weighted by Crippen LogP contribution is 2.11. The van der Waals surface area contributed by atoms with Crippen molar-refractivity contribution in [2.45, 2.75) is 40.5 Å². The number of benzene rings is 2. The van der Waals surface area contributed by atoms with Gasteiger partial charge in [0.05, 0.1) is 6.26 Å². The highest BCUT2D eigenvalue weighted by atomic mass is 32.2. The summed E-state index contributed by atoms with van der Waals surface area (Å²) in [5.41, 5.74) is 0. The van der Waals surface area contributed by atoms with Crippen LogP contribution in [0, 0.1) is 0 Å². The van der Waals surface area contributed by atoms with Gasteiger partial charge in [0.25, 0.3) is 10.1 Å². The van der Waals surface area contributed by atoms with Crippen LogP contribution in [0.1, 0.15) is 40.5 Å². The summed E-state index contributed by atoms with van der Waals surface area (Å²) in [4.78, 5) is 0. The standard InChI is InChI=1S/C10H8.2C3H8.CH4O3S/c1-2-6-10-8-4-3-7-9(10)5-1;2*1-3-2;1-5(2,3)4/h1-8H;2*3H2,1-2H3;1H3,(H,2,3,4). The number of rotatable bonds is 0. The summed E-state index contributed by atoms with van der Waals surface area (Å²) in [6.07, 6.45) is 3.22. The molecule has 0 aliphatic heterocycles. The first-order valence-corrected chi connectivity index (χ1v) is 9.01. The van der Waals surface area contributed by atoms with E-state index in [9.17, 15) is 8.42 Å². The molecule has 0 atom stereocenters. The van der Waals surface area contributed by atoms with Crippen LogP contribution in [-0.2, 0) is 10.1 Å². The molecule has 0 amide bonds. The van der Waals surface area contributed by atoms with Crippen LogP contribution in [0.5, 0.6) is 0 Å². The molecule has 3 nitrogen and oxygen atoms in total. The van der Waals surface area contributed by atoms with Gasteiger partial charge in [0.2, 0.25) is 0 Å². The molecule has 0 aliphatic rings. The Morgan fingerprint density at radius 3 is 1.05 bits per heavy atom. The Kier molecular flexibility index (Phi) is 14.2. The van der Waals surface area contributed by atoms with E-state index in [2.05, 4.69) is 76.2 Å².